The van der Waals surface area contributed by atoms with Crippen molar-refractivity contribution in [2.24, 2.45) is 12.8 Å². The van der Waals surface area contributed by atoms with Crippen LogP contribution in [-0.4, -0.2) is 19.2 Å². The Bertz CT molecular complexity index is 1050. The van der Waals surface area contributed by atoms with Gasteiger partial charge >= 0.3 is 0 Å². The number of fused-ring (bicyclic) bond motifs is 1. The molecule has 5 heteroatoms. The van der Waals surface area contributed by atoms with E-state index >= 15 is 0 Å². The quantitative estimate of drug-likeness (QED) is 0.625. The molecular formula is C20H21N5. The Morgan fingerprint density at radius 2 is 1.60 bits per heavy atom. The van der Waals surface area contributed by atoms with E-state index in [1.54, 1.807) is 4.52 Å². The molecule has 2 aromatic carbocycles. The second-order valence-electron chi connectivity index (χ2n) is 6.43. The van der Waals surface area contributed by atoms with E-state index in [4.69, 9.17) is 5.73 Å². The summed E-state index contributed by atoms with van der Waals surface area (Å²) in [6, 6.07) is 15.1. The molecule has 0 saturated heterocycles. The molecule has 2 N–H and O–H groups in total. The summed E-state index contributed by atoms with van der Waals surface area (Å²) in [5.41, 5.74) is 12.7. The molecule has 25 heavy (non-hydrogen) atoms. The molecule has 0 saturated carbocycles. The van der Waals surface area contributed by atoms with E-state index in [0.717, 1.165) is 22.9 Å². The van der Waals surface area contributed by atoms with E-state index in [9.17, 15) is 0 Å². The number of benzene rings is 2. The van der Waals surface area contributed by atoms with Crippen molar-refractivity contribution < 1.29 is 0 Å². The predicted octanol–water partition coefficient (Wildman–Crippen LogP) is 3.48. The summed E-state index contributed by atoms with van der Waals surface area (Å²) in [4.78, 5) is 4.69. The summed E-state index contributed by atoms with van der Waals surface area (Å²) >= 11 is 0. The second-order valence-corrected chi connectivity index (χ2v) is 6.43. The minimum Gasteiger partial charge on any atom is -0.324 e. The van der Waals surface area contributed by atoms with E-state index in [0.29, 0.717) is 6.54 Å². The van der Waals surface area contributed by atoms with Crippen molar-refractivity contribution in [2.45, 2.75) is 20.4 Å². The zero-order valence-electron chi connectivity index (χ0n) is 14.7. The van der Waals surface area contributed by atoms with E-state index in [-0.39, 0.29) is 0 Å². The molecule has 4 rings (SSSR count). The Labute approximate surface area is 146 Å². The maximum atomic E-state index is 5.69. The molecule has 0 spiro atoms. The third-order valence-electron chi connectivity index (χ3n) is 4.78. The van der Waals surface area contributed by atoms with Crippen molar-refractivity contribution in [1.82, 2.24) is 19.2 Å². The molecule has 0 aliphatic carbocycles. The van der Waals surface area contributed by atoms with Crippen molar-refractivity contribution in [1.29, 1.82) is 0 Å². The van der Waals surface area contributed by atoms with Crippen LogP contribution < -0.4 is 5.73 Å². The van der Waals surface area contributed by atoms with Gasteiger partial charge < -0.3 is 5.73 Å². The molecule has 0 bridgehead atoms. The molecule has 0 fully saturated rings. The van der Waals surface area contributed by atoms with E-state index < -0.39 is 0 Å². The molecule has 0 atom stereocenters. The smallest absolute Gasteiger partial charge is 0.232 e. The van der Waals surface area contributed by atoms with Crippen LogP contribution in [0.15, 0.2) is 48.7 Å². The molecule has 4 aromatic rings. The molecule has 0 amide bonds. The van der Waals surface area contributed by atoms with Gasteiger partial charge in [0.05, 0.1) is 18.4 Å². The summed E-state index contributed by atoms with van der Waals surface area (Å²) < 4.78 is 3.71. The summed E-state index contributed by atoms with van der Waals surface area (Å²) in [6.07, 6.45) is 1.94. The van der Waals surface area contributed by atoms with Crippen LogP contribution in [0.1, 0.15) is 17.0 Å². The summed E-state index contributed by atoms with van der Waals surface area (Å²) in [7, 11) is 1.93. The SMILES string of the molecule is Cc1ccc(-c2ccc(-c3cn4nc(CN)n(C)c4n3)cc2)cc1C. The van der Waals surface area contributed by atoms with Gasteiger partial charge in [-0.3, -0.25) is 4.57 Å². The van der Waals surface area contributed by atoms with Crippen molar-refractivity contribution in [3.05, 3.63) is 65.6 Å². The number of nitrogens with zero attached hydrogens (tertiary/aromatic N) is 4. The lowest BCUT2D eigenvalue weighted by molar-refractivity contribution is 0.794. The fraction of sp³-hybridized carbons (Fsp3) is 0.200. The van der Waals surface area contributed by atoms with Gasteiger partial charge in [0.2, 0.25) is 5.78 Å². The van der Waals surface area contributed by atoms with Crippen LogP contribution in [0.5, 0.6) is 0 Å². The van der Waals surface area contributed by atoms with Crippen LogP contribution in [0.4, 0.5) is 0 Å². The first kappa shape index (κ1) is 15.6. The number of hydrogen-bond donors (Lipinski definition) is 1. The highest BCUT2D eigenvalue weighted by molar-refractivity contribution is 5.70. The van der Waals surface area contributed by atoms with Gasteiger partial charge in [-0.1, -0.05) is 42.5 Å². The molecular weight excluding hydrogens is 310 g/mol. The number of imidazole rings is 1. The lowest BCUT2D eigenvalue weighted by Gasteiger charge is -2.06. The second kappa shape index (κ2) is 5.86. The first-order chi connectivity index (χ1) is 12.1. The van der Waals surface area contributed by atoms with Crippen molar-refractivity contribution >= 4 is 5.78 Å². The molecule has 5 nitrogen and oxygen atoms in total. The van der Waals surface area contributed by atoms with E-state index in [1.807, 2.05) is 17.8 Å². The Hall–Kier alpha value is -2.92. The number of rotatable bonds is 3. The van der Waals surface area contributed by atoms with E-state index in [1.165, 1.54) is 22.3 Å². The molecule has 0 unspecified atom stereocenters. The Morgan fingerprint density at radius 3 is 2.24 bits per heavy atom. The standard InChI is InChI=1S/C20H21N5/c1-13-4-5-17(10-14(13)2)15-6-8-16(9-7-15)18-12-25-20(22-18)24(3)19(11-21)23-25/h4-10,12H,11,21H2,1-3H3. The third kappa shape index (κ3) is 2.62. The molecule has 0 aliphatic rings. The van der Waals surface area contributed by atoms with Gasteiger partial charge in [-0.15, -0.1) is 0 Å². The Morgan fingerprint density at radius 1 is 0.920 bits per heavy atom. The number of hydrogen-bond acceptors (Lipinski definition) is 3. The number of aryl methyl sites for hydroxylation is 3. The Balaban J connectivity index is 1.69. The lowest BCUT2D eigenvalue weighted by atomic mass is 9.99. The largest absolute Gasteiger partial charge is 0.324 e. The highest BCUT2D eigenvalue weighted by Crippen LogP contribution is 2.26. The normalized spacial score (nSPS) is 11.4. The maximum absolute atomic E-state index is 5.69. The van der Waals surface area contributed by atoms with Crippen LogP contribution in [0, 0.1) is 13.8 Å². The fourth-order valence-corrected chi connectivity index (χ4v) is 3.04. The highest BCUT2D eigenvalue weighted by Gasteiger charge is 2.11. The lowest BCUT2D eigenvalue weighted by Crippen LogP contribution is -2.05. The average molecular weight is 331 g/mol. The van der Waals surface area contributed by atoms with Crippen LogP contribution in [0.25, 0.3) is 28.2 Å². The first-order valence-corrected chi connectivity index (χ1v) is 8.36. The minimum atomic E-state index is 0.403. The van der Waals surface area contributed by atoms with Crippen LogP contribution >= 0.6 is 0 Å². The molecule has 0 radical (unpaired) electrons. The van der Waals surface area contributed by atoms with Crippen molar-refractivity contribution in [3.8, 4) is 22.4 Å². The fourth-order valence-electron chi connectivity index (χ4n) is 3.04. The van der Waals surface area contributed by atoms with Gasteiger partial charge in [0.25, 0.3) is 0 Å². The minimum absolute atomic E-state index is 0.403. The zero-order chi connectivity index (χ0) is 17.6. The van der Waals surface area contributed by atoms with Crippen LogP contribution in [-0.2, 0) is 13.6 Å². The highest BCUT2D eigenvalue weighted by atomic mass is 15.4. The van der Waals surface area contributed by atoms with Gasteiger partial charge in [0.1, 0.15) is 5.82 Å². The van der Waals surface area contributed by atoms with Gasteiger partial charge in [-0.25, -0.2) is 9.50 Å². The predicted molar refractivity (Wildman–Crippen MR) is 100 cm³/mol. The van der Waals surface area contributed by atoms with Crippen LogP contribution in [0.3, 0.4) is 0 Å². The summed E-state index contributed by atoms with van der Waals surface area (Å²) in [5, 5.41) is 4.45. The number of nitrogens with two attached hydrogens (primary N) is 1. The van der Waals surface area contributed by atoms with Gasteiger partial charge in [-0.05, 0) is 36.1 Å². The van der Waals surface area contributed by atoms with Gasteiger partial charge in [-0.2, -0.15) is 5.10 Å². The molecule has 2 heterocycles. The maximum Gasteiger partial charge on any atom is 0.232 e. The third-order valence-corrected chi connectivity index (χ3v) is 4.78. The first-order valence-electron chi connectivity index (χ1n) is 8.36. The summed E-state index contributed by atoms with van der Waals surface area (Å²) in [6.45, 7) is 4.68. The monoisotopic (exact) mass is 331 g/mol. The average Bonchev–Trinajstić information content (AvgIpc) is 3.17. The zero-order valence-corrected chi connectivity index (χ0v) is 14.7. The molecule has 0 aliphatic heterocycles. The molecule has 126 valence electrons. The molecule has 2 aromatic heterocycles. The summed E-state index contributed by atoms with van der Waals surface area (Å²) in [5.74, 6) is 1.62. The van der Waals surface area contributed by atoms with Gasteiger partial charge in [0.15, 0.2) is 0 Å². The van der Waals surface area contributed by atoms with Crippen molar-refractivity contribution in [2.75, 3.05) is 0 Å². The number of aromatic nitrogens is 4. The van der Waals surface area contributed by atoms with Crippen LogP contribution in [0.2, 0.25) is 0 Å². The van der Waals surface area contributed by atoms with Crippen molar-refractivity contribution in [3.63, 3.8) is 0 Å². The topological polar surface area (TPSA) is 61.1 Å². The van der Waals surface area contributed by atoms with Gasteiger partial charge in [0, 0.05) is 12.6 Å². The Kier molecular flexibility index (Phi) is 3.66. The van der Waals surface area contributed by atoms with E-state index in [2.05, 4.69) is 66.4 Å².